The zero-order valence-electron chi connectivity index (χ0n) is 15.6. The molecule has 0 aliphatic rings. The molecule has 0 saturated carbocycles. The number of hydrogen-bond acceptors (Lipinski definition) is 6. The summed E-state index contributed by atoms with van der Waals surface area (Å²) in [6.07, 6.45) is -1.99. The van der Waals surface area contributed by atoms with Crippen LogP contribution in [0, 0.1) is 10.1 Å². The number of nitro benzene ring substituents is 1. The third-order valence-electron chi connectivity index (χ3n) is 4.09. The van der Waals surface area contributed by atoms with Crippen molar-refractivity contribution >= 4 is 38.9 Å². The van der Waals surface area contributed by atoms with E-state index in [-0.39, 0.29) is 18.7 Å². The number of nitro groups is 1. The van der Waals surface area contributed by atoms with Crippen molar-refractivity contribution in [2.75, 3.05) is 17.2 Å². The van der Waals surface area contributed by atoms with E-state index < -0.39 is 28.3 Å². The summed E-state index contributed by atoms with van der Waals surface area (Å²) in [4.78, 5) is 26.4. The molecule has 1 heterocycles. The van der Waals surface area contributed by atoms with Crippen molar-refractivity contribution in [1.29, 1.82) is 0 Å². The third-order valence-corrected chi connectivity index (χ3v) is 4.58. The molecule has 2 N–H and O–H groups in total. The molecule has 0 saturated heterocycles. The largest absolute Gasteiger partial charge is 0.416 e. The molecule has 3 aromatic rings. The van der Waals surface area contributed by atoms with E-state index in [4.69, 9.17) is 0 Å². The molecule has 3 rings (SSSR count). The summed E-state index contributed by atoms with van der Waals surface area (Å²) in [5, 5.41) is 20.5. The van der Waals surface area contributed by atoms with E-state index in [1.54, 1.807) is 18.2 Å². The van der Waals surface area contributed by atoms with Gasteiger partial charge in [0.2, 0.25) is 5.91 Å². The molecule has 9 nitrogen and oxygen atoms in total. The van der Waals surface area contributed by atoms with Crippen molar-refractivity contribution in [2.45, 2.75) is 12.6 Å². The number of benzene rings is 2. The minimum atomic E-state index is -4.70. The zero-order valence-corrected chi connectivity index (χ0v) is 17.1. The summed E-state index contributed by atoms with van der Waals surface area (Å²) >= 11 is 3.32. The van der Waals surface area contributed by atoms with Crippen molar-refractivity contribution in [3.8, 4) is 5.69 Å². The van der Waals surface area contributed by atoms with Gasteiger partial charge in [-0.25, -0.2) is 9.67 Å². The molecular formula is C18H14BrF3N6O3. The summed E-state index contributed by atoms with van der Waals surface area (Å²) in [7, 11) is 0. The lowest BCUT2D eigenvalue weighted by atomic mass is 10.1. The Balaban J connectivity index is 1.67. The van der Waals surface area contributed by atoms with Gasteiger partial charge in [0, 0.05) is 23.5 Å². The normalized spacial score (nSPS) is 11.2. The van der Waals surface area contributed by atoms with Gasteiger partial charge in [-0.2, -0.15) is 18.3 Å². The predicted octanol–water partition coefficient (Wildman–Crippen LogP) is 4.40. The molecule has 0 fully saturated rings. The predicted molar refractivity (Wildman–Crippen MR) is 109 cm³/mol. The monoisotopic (exact) mass is 498 g/mol. The first-order chi connectivity index (χ1) is 14.6. The number of carbonyl (C=O) groups excluding carboxylic acids is 1. The summed E-state index contributed by atoms with van der Waals surface area (Å²) < 4.78 is 40.5. The van der Waals surface area contributed by atoms with E-state index in [9.17, 15) is 28.1 Å². The summed E-state index contributed by atoms with van der Waals surface area (Å²) in [5.41, 5.74) is -0.948. The minimum Gasteiger partial charge on any atom is -0.379 e. The molecule has 0 atom stereocenters. The molecule has 0 bridgehead atoms. The van der Waals surface area contributed by atoms with E-state index in [1.165, 1.54) is 17.3 Å². The fourth-order valence-electron chi connectivity index (χ4n) is 2.67. The quantitative estimate of drug-likeness (QED) is 0.368. The molecule has 162 valence electrons. The van der Waals surface area contributed by atoms with Crippen LogP contribution in [0.1, 0.15) is 12.0 Å². The lowest BCUT2D eigenvalue weighted by Gasteiger charge is -2.12. The maximum atomic E-state index is 12.8. The van der Waals surface area contributed by atoms with Crippen LogP contribution in [0.25, 0.3) is 5.69 Å². The number of carbonyl (C=O) groups is 1. The molecule has 31 heavy (non-hydrogen) atoms. The molecule has 0 unspecified atom stereocenters. The Labute approximate surface area is 181 Å². The van der Waals surface area contributed by atoms with Crippen LogP contribution in [0.5, 0.6) is 0 Å². The summed E-state index contributed by atoms with van der Waals surface area (Å²) in [6.45, 7) is -0.0370. The minimum absolute atomic E-state index is 0.0370. The molecule has 0 spiro atoms. The molecular weight excluding hydrogens is 485 g/mol. The molecule has 1 aromatic heterocycles. The number of hydrogen-bond donors (Lipinski definition) is 2. The Morgan fingerprint density at radius 1 is 1.19 bits per heavy atom. The smallest absolute Gasteiger partial charge is 0.379 e. The van der Waals surface area contributed by atoms with E-state index in [2.05, 4.69) is 36.6 Å². The van der Waals surface area contributed by atoms with Crippen molar-refractivity contribution in [2.24, 2.45) is 0 Å². The van der Waals surface area contributed by atoms with Gasteiger partial charge >= 0.3 is 6.18 Å². The highest BCUT2D eigenvalue weighted by Gasteiger charge is 2.33. The van der Waals surface area contributed by atoms with Crippen LogP contribution in [-0.2, 0) is 11.0 Å². The lowest BCUT2D eigenvalue weighted by molar-refractivity contribution is -0.384. The molecule has 0 radical (unpaired) electrons. The molecule has 0 aliphatic heterocycles. The first-order valence-corrected chi connectivity index (χ1v) is 9.48. The average Bonchev–Trinajstić information content (AvgIpc) is 3.22. The standard InChI is InChI=1S/C18H14BrF3N6O3/c19-12-2-4-15(27-10-23-9-25-27)14(8-12)26-17(29)5-6-24-13-3-1-11(18(20,21)22)7-16(13)28(30)31/h1-4,7-10,24H,5-6H2,(H,26,29). The Kier molecular flexibility index (Phi) is 6.53. The van der Waals surface area contributed by atoms with Crippen LogP contribution in [-0.4, -0.2) is 32.1 Å². The molecule has 1 amide bonds. The van der Waals surface area contributed by atoms with Gasteiger partial charge in [-0.1, -0.05) is 15.9 Å². The number of rotatable bonds is 7. The highest BCUT2D eigenvalue weighted by Crippen LogP contribution is 2.35. The third kappa shape index (κ3) is 5.57. The Hall–Kier alpha value is -3.48. The van der Waals surface area contributed by atoms with E-state index in [0.717, 1.165) is 12.1 Å². The van der Waals surface area contributed by atoms with E-state index in [1.807, 2.05) is 0 Å². The Morgan fingerprint density at radius 3 is 2.61 bits per heavy atom. The summed E-state index contributed by atoms with van der Waals surface area (Å²) in [6, 6.07) is 7.31. The van der Waals surface area contributed by atoms with Gasteiger partial charge in [0.25, 0.3) is 5.69 Å². The molecule has 0 aliphatic carbocycles. The second kappa shape index (κ2) is 9.12. The van der Waals surface area contributed by atoms with Crippen molar-refractivity contribution < 1.29 is 22.9 Å². The zero-order chi connectivity index (χ0) is 22.6. The van der Waals surface area contributed by atoms with Crippen molar-refractivity contribution in [3.05, 3.63) is 69.2 Å². The van der Waals surface area contributed by atoms with Crippen LogP contribution in [0.2, 0.25) is 0 Å². The van der Waals surface area contributed by atoms with Gasteiger partial charge < -0.3 is 10.6 Å². The maximum absolute atomic E-state index is 12.8. The van der Waals surface area contributed by atoms with E-state index in [0.29, 0.717) is 21.9 Å². The van der Waals surface area contributed by atoms with Gasteiger partial charge in [0.1, 0.15) is 18.3 Å². The van der Waals surface area contributed by atoms with Crippen LogP contribution < -0.4 is 10.6 Å². The number of alkyl halides is 3. The number of amides is 1. The van der Waals surface area contributed by atoms with Crippen LogP contribution in [0.15, 0.2) is 53.5 Å². The van der Waals surface area contributed by atoms with Crippen LogP contribution in [0.4, 0.5) is 30.2 Å². The number of nitrogens with zero attached hydrogens (tertiary/aromatic N) is 4. The Bertz CT molecular complexity index is 1110. The fraction of sp³-hybridized carbons (Fsp3) is 0.167. The first kappa shape index (κ1) is 22.2. The maximum Gasteiger partial charge on any atom is 0.416 e. The highest BCUT2D eigenvalue weighted by molar-refractivity contribution is 9.10. The van der Waals surface area contributed by atoms with Crippen LogP contribution in [0.3, 0.4) is 0 Å². The molecule has 2 aromatic carbocycles. The second-order valence-electron chi connectivity index (χ2n) is 6.21. The SMILES string of the molecule is O=C(CCNc1ccc(C(F)(F)F)cc1[N+](=O)[O-])Nc1cc(Br)ccc1-n1cncn1. The van der Waals surface area contributed by atoms with Crippen molar-refractivity contribution in [3.63, 3.8) is 0 Å². The van der Waals surface area contributed by atoms with E-state index >= 15 is 0 Å². The number of aromatic nitrogens is 3. The summed E-state index contributed by atoms with van der Waals surface area (Å²) in [5.74, 6) is -0.415. The number of nitrogens with one attached hydrogen (secondary N) is 2. The van der Waals surface area contributed by atoms with Crippen molar-refractivity contribution in [1.82, 2.24) is 14.8 Å². The first-order valence-electron chi connectivity index (χ1n) is 8.69. The topological polar surface area (TPSA) is 115 Å². The second-order valence-corrected chi connectivity index (χ2v) is 7.13. The fourth-order valence-corrected chi connectivity index (χ4v) is 3.03. The van der Waals surface area contributed by atoms with Gasteiger partial charge in [-0.05, 0) is 30.3 Å². The Morgan fingerprint density at radius 2 is 1.97 bits per heavy atom. The highest BCUT2D eigenvalue weighted by atomic mass is 79.9. The van der Waals surface area contributed by atoms with Gasteiger partial charge in [0.15, 0.2) is 0 Å². The lowest BCUT2D eigenvalue weighted by Crippen LogP contribution is -2.18. The van der Waals surface area contributed by atoms with Gasteiger partial charge in [0.05, 0.1) is 21.9 Å². The van der Waals surface area contributed by atoms with Gasteiger partial charge in [-0.3, -0.25) is 14.9 Å². The van der Waals surface area contributed by atoms with Crippen LogP contribution >= 0.6 is 15.9 Å². The number of halogens is 4. The average molecular weight is 499 g/mol. The molecule has 13 heteroatoms. The number of anilines is 2. The van der Waals surface area contributed by atoms with Gasteiger partial charge in [-0.15, -0.1) is 0 Å².